The molecular weight excluding hydrogens is 595 g/mol. The number of thiocarbonyl (C=S) groups is 1. The number of nitrogens with one attached hydrogen (secondary N) is 2. The molecule has 2 aromatic carbocycles. The Kier molecular flexibility index (Phi) is 8.98. The van der Waals surface area contributed by atoms with Gasteiger partial charge in [-0.2, -0.15) is 5.10 Å². The second-order valence-electron chi connectivity index (χ2n) is 9.86. The van der Waals surface area contributed by atoms with Crippen molar-refractivity contribution in [1.82, 2.24) is 30.1 Å². The number of non-ortho nitro benzene ring substituents is 1. The zero-order valence-corrected chi connectivity index (χ0v) is 25.0. The smallest absolute Gasteiger partial charge is 0.269 e. The summed E-state index contributed by atoms with van der Waals surface area (Å²) >= 11 is 6.07. The molecule has 13 nitrogen and oxygen atoms in total. The Bertz CT molecular complexity index is 1770. The average Bonchev–Trinajstić information content (AvgIpc) is 3.46. The van der Waals surface area contributed by atoms with Crippen molar-refractivity contribution < 1.29 is 9.31 Å². The van der Waals surface area contributed by atoms with E-state index in [4.69, 9.17) is 18.0 Å². The van der Waals surface area contributed by atoms with Gasteiger partial charge in [0.05, 0.1) is 27.4 Å². The van der Waals surface area contributed by atoms with Crippen LogP contribution in [-0.4, -0.2) is 79.4 Å². The number of nitro groups is 1. The molecule has 0 bridgehead atoms. The Morgan fingerprint density at radius 3 is 2.63 bits per heavy atom. The summed E-state index contributed by atoms with van der Waals surface area (Å²) in [6.07, 6.45) is 1.71. The molecule has 1 aliphatic heterocycles. The Morgan fingerprint density at radius 1 is 1.26 bits per heavy atom. The minimum absolute atomic E-state index is 0.0415. The zero-order valence-electron chi connectivity index (χ0n) is 23.4. The number of nitrogens with zero attached hydrogens (tertiary/aromatic N) is 7. The number of hydrazone groups is 1. The summed E-state index contributed by atoms with van der Waals surface area (Å²) in [5, 5.41) is 22.9. The van der Waals surface area contributed by atoms with E-state index in [9.17, 15) is 14.9 Å². The standard InChI is InChI=1S/C27H29FN10O3S2/c1-3-36-14-19(24(39)18-12-20(28)23(13-22(18)36)37-10-8-35(2)9-11-37)25-30-27(34-32-25)43-15-21(31-33-26(29)42)16-4-6-17(7-5-16)38(40)41/h4-7,12-14H,3,8-11,15H2,1-2H3,(H3,29,33,42)(H,30,32,34)/b31-21-. The van der Waals surface area contributed by atoms with E-state index >= 15 is 4.39 Å². The molecule has 1 aliphatic rings. The minimum atomic E-state index is -0.488. The number of H-pyrrole nitrogens is 1. The first kappa shape index (κ1) is 30.1. The number of anilines is 1. The van der Waals surface area contributed by atoms with Gasteiger partial charge in [0.15, 0.2) is 16.4 Å². The van der Waals surface area contributed by atoms with E-state index in [0.29, 0.717) is 47.3 Å². The number of aromatic nitrogens is 4. The maximum atomic E-state index is 15.3. The number of nitrogens with two attached hydrogens (primary N) is 1. The number of fused-ring (bicyclic) bond motifs is 1. The molecule has 0 aliphatic carbocycles. The Hall–Kier alpha value is -4.41. The van der Waals surface area contributed by atoms with E-state index < -0.39 is 10.7 Å². The van der Waals surface area contributed by atoms with E-state index in [-0.39, 0.29) is 38.8 Å². The molecule has 2 aromatic heterocycles. The first-order chi connectivity index (χ1) is 20.6. The van der Waals surface area contributed by atoms with Crippen molar-refractivity contribution in [3.05, 3.63) is 74.3 Å². The number of aromatic amines is 1. The molecule has 0 radical (unpaired) electrons. The topological polar surface area (TPSA) is 164 Å². The van der Waals surface area contributed by atoms with Crippen molar-refractivity contribution in [3.8, 4) is 11.4 Å². The molecule has 5 rings (SSSR count). The number of nitro benzene ring substituents is 1. The van der Waals surface area contributed by atoms with Gasteiger partial charge in [-0.05, 0) is 56.0 Å². The van der Waals surface area contributed by atoms with Crippen LogP contribution in [0, 0.1) is 15.9 Å². The van der Waals surface area contributed by atoms with Gasteiger partial charge >= 0.3 is 0 Å². The van der Waals surface area contributed by atoms with Crippen LogP contribution in [0.25, 0.3) is 22.3 Å². The van der Waals surface area contributed by atoms with Crippen molar-refractivity contribution in [2.24, 2.45) is 10.8 Å². The largest absolute Gasteiger partial charge is 0.375 e. The molecule has 0 amide bonds. The van der Waals surface area contributed by atoms with Crippen LogP contribution >= 0.6 is 24.0 Å². The van der Waals surface area contributed by atoms with Crippen molar-refractivity contribution in [1.29, 1.82) is 0 Å². The molecule has 43 heavy (non-hydrogen) atoms. The molecule has 0 saturated carbocycles. The summed E-state index contributed by atoms with van der Waals surface area (Å²) in [5.74, 6) is 0.0590. The number of piperazine rings is 1. The molecule has 224 valence electrons. The number of benzene rings is 2. The maximum Gasteiger partial charge on any atom is 0.269 e. The van der Waals surface area contributed by atoms with E-state index in [1.165, 1.54) is 30.0 Å². The highest BCUT2D eigenvalue weighted by Gasteiger charge is 2.21. The molecular formula is C27H29FN10O3S2. The lowest BCUT2D eigenvalue weighted by molar-refractivity contribution is -0.384. The van der Waals surface area contributed by atoms with Gasteiger partial charge in [0.25, 0.3) is 5.69 Å². The van der Waals surface area contributed by atoms with Crippen molar-refractivity contribution in [3.63, 3.8) is 0 Å². The van der Waals surface area contributed by atoms with Crippen LogP contribution in [0.4, 0.5) is 15.8 Å². The first-order valence-corrected chi connectivity index (χ1v) is 14.8. The number of rotatable bonds is 9. The second-order valence-corrected chi connectivity index (χ2v) is 11.2. The SMILES string of the molecule is CCn1cc(-c2nc(SC/C(=N/NC(N)=S)c3ccc([N+](=O)[O-])cc3)n[nH]2)c(=O)c2cc(F)c(N3CCN(C)CC3)cc21. The molecule has 0 unspecified atom stereocenters. The van der Waals surface area contributed by atoms with Crippen LogP contribution in [0.2, 0.25) is 0 Å². The third-order valence-electron chi connectivity index (χ3n) is 7.10. The van der Waals surface area contributed by atoms with Crippen LogP contribution < -0.4 is 21.5 Å². The second kappa shape index (κ2) is 12.8. The van der Waals surface area contributed by atoms with E-state index in [0.717, 1.165) is 13.1 Å². The quantitative estimate of drug-likeness (QED) is 0.0825. The molecule has 16 heteroatoms. The minimum Gasteiger partial charge on any atom is -0.375 e. The van der Waals surface area contributed by atoms with Gasteiger partial charge in [-0.3, -0.25) is 25.4 Å². The number of aryl methyl sites for hydroxylation is 1. The van der Waals surface area contributed by atoms with Crippen molar-refractivity contribution >= 4 is 57.1 Å². The van der Waals surface area contributed by atoms with E-state index in [1.54, 1.807) is 24.4 Å². The van der Waals surface area contributed by atoms with Crippen LogP contribution in [-0.2, 0) is 6.54 Å². The summed E-state index contributed by atoms with van der Waals surface area (Å²) < 4.78 is 17.2. The molecule has 1 fully saturated rings. The summed E-state index contributed by atoms with van der Waals surface area (Å²) in [5.41, 5.74) is 10.1. The lowest BCUT2D eigenvalue weighted by Gasteiger charge is -2.34. The molecule has 4 aromatic rings. The van der Waals surface area contributed by atoms with Gasteiger partial charge in [-0.25, -0.2) is 9.37 Å². The summed E-state index contributed by atoms with van der Waals surface area (Å²) in [7, 11) is 2.04. The molecule has 0 spiro atoms. The summed E-state index contributed by atoms with van der Waals surface area (Å²) in [6, 6.07) is 8.95. The summed E-state index contributed by atoms with van der Waals surface area (Å²) in [6.45, 7) is 5.59. The Labute approximate surface area is 255 Å². The predicted octanol–water partition coefficient (Wildman–Crippen LogP) is 2.94. The Balaban J connectivity index is 1.41. The highest BCUT2D eigenvalue weighted by atomic mass is 32.2. The Morgan fingerprint density at radius 2 is 1.98 bits per heavy atom. The third kappa shape index (κ3) is 6.65. The number of likely N-dealkylation sites (N-methyl/N-ethyl adjacent to an activating group) is 1. The van der Waals surface area contributed by atoms with Crippen LogP contribution in [0.1, 0.15) is 12.5 Å². The monoisotopic (exact) mass is 624 g/mol. The van der Waals surface area contributed by atoms with E-state index in [2.05, 4.69) is 30.6 Å². The van der Waals surface area contributed by atoms with Gasteiger partial charge in [0, 0.05) is 62.2 Å². The van der Waals surface area contributed by atoms with Crippen molar-refractivity contribution in [2.75, 3.05) is 43.9 Å². The van der Waals surface area contributed by atoms with Crippen LogP contribution in [0.3, 0.4) is 0 Å². The molecule has 3 heterocycles. The number of pyridine rings is 1. The lowest BCUT2D eigenvalue weighted by atomic mass is 10.1. The number of thioether (sulfide) groups is 1. The number of halogens is 1. The third-order valence-corrected chi connectivity index (χ3v) is 8.05. The summed E-state index contributed by atoms with van der Waals surface area (Å²) in [4.78, 5) is 32.8. The lowest BCUT2D eigenvalue weighted by Crippen LogP contribution is -2.44. The van der Waals surface area contributed by atoms with Gasteiger partial charge in [0.1, 0.15) is 5.82 Å². The van der Waals surface area contributed by atoms with Crippen LogP contribution in [0.5, 0.6) is 0 Å². The first-order valence-electron chi connectivity index (χ1n) is 13.4. The number of hydrogen-bond acceptors (Lipinski definition) is 10. The fourth-order valence-corrected chi connectivity index (χ4v) is 5.57. The highest BCUT2D eigenvalue weighted by molar-refractivity contribution is 7.99. The fourth-order valence-electron chi connectivity index (χ4n) is 4.76. The average molecular weight is 625 g/mol. The predicted molar refractivity (Wildman–Crippen MR) is 169 cm³/mol. The molecule has 4 N–H and O–H groups in total. The normalized spacial score (nSPS) is 14.3. The van der Waals surface area contributed by atoms with Gasteiger partial charge in [-0.15, -0.1) is 5.10 Å². The number of hydrogen-bond donors (Lipinski definition) is 3. The molecule has 0 atom stereocenters. The van der Waals surface area contributed by atoms with Crippen LogP contribution in [0.15, 0.2) is 57.6 Å². The zero-order chi connectivity index (χ0) is 30.7. The van der Waals surface area contributed by atoms with Gasteiger partial charge < -0.3 is 20.1 Å². The maximum absolute atomic E-state index is 15.3. The van der Waals surface area contributed by atoms with Gasteiger partial charge in [0.2, 0.25) is 5.16 Å². The fraction of sp³-hybridized carbons (Fsp3) is 0.296. The van der Waals surface area contributed by atoms with E-state index in [1.807, 2.05) is 23.4 Å². The molecule has 1 saturated heterocycles. The van der Waals surface area contributed by atoms with Gasteiger partial charge in [-0.1, -0.05) is 11.8 Å². The van der Waals surface area contributed by atoms with Crippen molar-refractivity contribution in [2.45, 2.75) is 18.6 Å². The highest BCUT2D eigenvalue weighted by Crippen LogP contribution is 2.28.